The number of hydrogen-bond donors (Lipinski definition) is 1. The van der Waals surface area contributed by atoms with Crippen molar-refractivity contribution in [1.82, 2.24) is 9.55 Å². The molecule has 1 heterocycles. The molecule has 2 N–H and O–H groups in total. The molecule has 1 aromatic heterocycles. The first kappa shape index (κ1) is 19.8. The van der Waals surface area contributed by atoms with Crippen LogP contribution in [0.5, 0.6) is 0 Å². The Morgan fingerprint density at radius 1 is 0.880 bits per heavy atom. The molecule has 0 saturated heterocycles. The van der Waals surface area contributed by atoms with E-state index in [0.717, 1.165) is 29.2 Å². The van der Waals surface area contributed by atoms with Gasteiger partial charge in [0.15, 0.2) is 0 Å². The monoisotopic (exact) mass is 361 g/mol. The highest BCUT2D eigenvalue weighted by Crippen LogP contribution is 2.24. The van der Waals surface area contributed by atoms with Crippen LogP contribution in [0, 0.1) is 0 Å². The Hall–Kier alpha value is -1.48. The first-order chi connectivity index (χ1) is 12.2. The Morgan fingerprint density at radius 3 is 2.04 bits per heavy atom. The molecule has 25 heavy (non-hydrogen) atoms. The second kappa shape index (κ2) is 11.2. The molecular weight excluding hydrogens is 330 g/mol. The maximum atomic E-state index is 6.05. The number of anilines is 1. The summed E-state index contributed by atoms with van der Waals surface area (Å²) in [6, 6.07) is 7.86. The molecule has 138 valence electrons. The summed E-state index contributed by atoms with van der Waals surface area (Å²) >= 11 is 5.98. The van der Waals surface area contributed by atoms with E-state index in [1.54, 1.807) is 0 Å². The zero-order valence-corrected chi connectivity index (χ0v) is 16.3. The number of unbranched alkanes of at least 4 members (excludes halogenated alkanes) is 9. The normalized spacial score (nSPS) is 11.1. The van der Waals surface area contributed by atoms with E-state index in [0.29, 0.717) is 5.95 Å². The standard InChI is InChI=1S/C21H32ClN3/c1-2-3-4-5-6-7-8-9-10-11-16-25-20(17-24-21(25)23)18-12-14-19(22)15-13-18/h12-15,17H,2-11,16H2,1H3,(H2,23,24). The third kappa shape index (κ3) is 6.74. The van der Waals surface area contributed by atoms with E-state index in [9.17, 15) is 0 Å². The maximum Gasteiger partial charge on any atom is 0.200 e. The molecular formula is C21H32ClN3. The van der Waals surface area contributed by atoms with E-state index >= 15 is 0 Å². The third-order valence-corrected chi connectivity index (χ3v) is 5.01. The van der Waals surface area contributed by atoms with E-state index in [-0.39, 0.29) is 0 Å². The first-order valence-electron chi connectivity index (χ1n) is 9.79. The fourth-order valence-electron chi connectivity index (χ4n) is 3.23. The molecule has 3 nitrogen and oxygen atoms in total. The molecule has 0 aliphatic heterocycles. The van der Waals surface area contributed by atoms with Crippen molar-refractivity contribution in [3.63, 3.8) is 0 Å². The van der Waals surface area contributed by atoms with Crippen LogP contribution in [-0.4, -0.2) is 9.55 Å². The number of imidazole rings is 1. The predicted molar refractivity (Wildman–Crippen MR) is 109 cm³/mol. The van der Waals surface area contributed by atoms with Gasteiger partial charge in [-0.05, 0) is 24.1 Å². The number of halogens is 1. The zero-order valence-electron chi connectivity index (χ0n) is 15.5. The number of rotatable bonds is 12. The van der Waals surface area contributed by atoms with Gasteiger partial charge in [-0.1, -0.05) is 88.4 Å². The molecule has 4 heteroatoms. The van der Waals surface area contributed by atoms with E-state index in [1.165, 1.54) is 57.8 Å². The van der Waals surface area contributed by atoms with E-state index < -0.39 is 0 Å². The number of hydrogen-bond acceptors (Lipinski definition) is 2. The van der Waals surface area contributed by atoms with E-state index in [2.05, 4.69) is 16.5 Å². The summed E-state index contributed by atoms with van der Waals surface area (Å²) in [5, 5.41) is 0.748. The van der Waals surface area contributed by atoms with Crippen molar-refractivity contribution >= 4 is 17.5 Å². The minimum Gasteiger partial charge on any atom is -0.369 e. The molecule has 0 aliphatic rings. The van der Waals surface area contributed by atoms with Crippen LogP contribution in [-0.2, 0) is 6.54 Å². The molecule has 0 radical (unpaired) electrons. The van der Waals surface area contributed by atoms with Gasteiger partial charge in [-0.25, -0.2) is 4.98 Å². The first-order valence-corrected chi connectivity index (χ1v) is 10.2. The Morgan fingerprint density at radius 2 is 1.44 bits per heavy atom. The van der Waals surface area contributed by atoms with Gasteiger partial charge in [-0.3, -0.25) is 0 Å². The lowest BCUT2D eigenvalue weighted by atomic mass is 10.1. The van der Waals surface area contributed by atoms with Crippen LogP contribution in [0.4, 0.5) is 5.95 Å². The van der Waals surface area contributed by atoms with Gasteiger partial charge in [-0.2, -0.15) is 0 Å². The van der Waals surface area contributed by atoms with Crippen LogP contribution in [0.2, 0.25) is 5.02 Å². The van der Waals surface area contributed by atoms with Crippen LogP contribution in [0.25, 0.3) is 11.3 Å². The van der Waals surface area contributed by atoms with Crippen molar-refractivity contribution in [2.75, 3.05) is 5.73 Å². The van der Waals surface area contributed by atoms with Crippen LogP contribution in [0.15, 0.2) is 30.5 Å². The minimum absolute atomic E-state index is 0.598. The number of nitrogens with two attached hydrogens (primary N) is 1. The second-order valence-corrected chi connectivity index (χ2v) is 7.28. The summed E-state index contributed by atoms with van der Waals surface area (Å²) in [5.41, 5.74) is 8.24. The third-order valence-electron chi connectivity index (χ3n) is 4.76. The number of nitrogen functional groups attached to an aromatic ring is 1. The smallest absolute Gasteiger partial charge is 0.200 e. The fourth-order valence-corrected chi connectivity index (χ4v) is 3.36. The summed E-state index contributed by atoms with van der Waals surface area (Å²) in [6.07, 6.45) is 15.3. The fraction of sp³-hybridized carbons (Fsp3) is 0.571. The number of aromatic nitrogens is 2. The summed E-state index contributed by atoms with van der Waals surface area (Å²) in [5.74, 6) is 0.598. The summed E-state index contributed by atoms with van der Waals surface area (Å²) in [7, 11) is 0. The largest absolute Gasteiger partial charge is 0.369 e. The molecule has 0 fully saturated rings. The van der Waals surface area contributed by atoms with Gasteiger partial charge in [0.2, 0.25) is 5.95 Å². The summed E-state index contributed by atoms with van der Waals surface area (Å²) < 4.78 is 2.12. The highest BCUT2D eigenvalue weighted by Gasteiger charge is 2.09. The Balaban J connectivity index is 1.69. The van der Waals surface area contributed by atoms with Gasteiger partial charge in [0.25, 0.3) is 0 Å². The molecule has 0 unspecified atom stereocenters. The van der Waals surface area contributed by atoms with Gasteiger partial charge in [0.1, 0.15) is 0 Å². The molecule has 1 aromatic carbocycles. The van der Waals surface area contributed by atoms with Gasteiger partial charge in [0.05, 0.1) is 11.9 Å². The highest BCUT2D eigenvalue weighted by atomic mass is 35.5. The average molecular weight is 362 g/mol. The summed E-state index contributed by atoms with van der Waals surface area (Å²) in [6.45, 7) is 3.20. The van der Waals surface area contributed by atoms with Gasteiger partial charge in [-0.15, -0.1) is 0 Å². The predicted octanol–water partition coefficient (Wildman–Crippen LogP) is 6.71. The highest BCUT2D eigenvalue weighted by molar-refractivity contribution is 6.30. The van der Waals surface area contributed by atoms with Gasteiger partial charge >= 0.3 is 0 Å². The molecule has 2 aromatic rings. The lowest BCUT2D eigenvalue weighted by molar-refractivity contribution is 0.537. The van der Waals surface area contributed by atoms with Gasteiger partial charge < -0.3 is 10.3 Å². The number of benzene rings is 1. The van der Waals surface area contributed by atoms with Crippen molar-refractivity contribution in [2.24, 2.45) is 0 Å². The van der Waals surface area contributed by atoms with Crippen LogP contribution in [0.1, 0.15) is 71.1 Å². The maximum absolute atomic E-state index is 6.05. The minimum atomic E-state index is 0.598. The lowest BCUT2D eigenvalue weighted by Gasteiger charge is -2.10. The molecule has 0 spiro atoms. The molecule has 0 atom stereocenters. The zero-order chi connectivity index (χ0) is 17.9. The van der Waals surface area contributed by atoms with E-state index in [1.807, 2.05) is 30.5 Å². The molecule has 0 amide bonds. The Labute approximate surface area is 157 Å². The molecule has 0 aliphatic carbocycles. The van der Waals surface area contributed by atoms with Crippen molar-refractivity contribution in [3.05, 3.63) is 35.5 Å². The molecule has 2 rings (SSSR count). The average Bonchev–Trinajstić information content (AvgIpc) is 2.98. The lowest BCUT2D eigenvalue weighted by Crippen LogP contribution is -2.05. The van der Waals surface area contributed by atoms with Crippen molar-refractivity contribution < 1.29 is 0 Å². The Bertz CT molecular complexity index is 604. The van der Waals surface area contributed by atoms with Crippen molar-refractivity contribution in [2.45, 2.75) is 77.7 Å². The summed E-state index contributed by atoms with van der Waals surface area (Å²) in [4.78, 5) is 4.29. The van der Waals surface area contributed by atoms with Gasteiger partial charge in [0, 0.05) is 11.6 Å². The molecule has 0 bridgehead atoms. The quantitative estimate of drug-likeness (QED) is 0.427. The van der Waals surface area contributed by atoms with Crippen LogP contribution in [0.3, 0.4) is 0 Å². The van der Waals surface area contributed by atoms with Crippen molar-refractivity contribution in [1.29, 1.82) is 0 Å². The Kier molecular flexibility index (Phi) is 8.89. The van der Waals surface area contributed by atoms with Crippen LogP contribution >= 0.6 is 11.6 Å². The SMILES string of the molecule is CCCCCCCCCCCCn1c(-c2ccc(Cl)cc2)cnc1N. The molecule has 0 saturated carbocycles. The topological polar surface area (TPSA) is 43.8 Å². The van der Waals surface area contributed by atoms with E-state index in [4.69, 9.17) is 17.3 Å². The number of nitrogens with zero attached hydrogens (tertiary/aromatic N) is 2. The van der Waals surface area contributed by atoms with Crippen molar-refractivity contribution in [3.8, 4) is 11.3 Å². The second-order valence-electron chi connectivity index (χ2n) is 6.84. The van der Waals surface area contributed by atoms with Crippen LogP contribution < -0.4 is 5.73 Å².